The number of aromatic carboxylic acids is 1. The van der Waals surface area contributed by atoms with Crippen molar-refractivity contribution >= 4 is 58.3 Å². The molecule has 2 aliphatic rings. The van der Waals surface area contributed by atoms with E-state index in [4.69, 9.17) is 14.2 Å². The number of hydrogen-bond donors (Lipinski definition) is 4. The molecule has 0 bridgehead atoms. The number of likely N-dealkylation sites (tertiary alicyclic amines) is 1. The molecule has 1 aromatic heterocycles. The fourth-order valence-corrected chi connectivity index (χ4v) is 8.27. The third kappa shape index (κ3) is 13.7. The number of anilines is 2. The highest BCUT2D eigenvalue weighted by Crippen LogP contribution is 2.28. The predicted octanol–water partition coefficient (Wildman–Crippen LogP) is 6.73. The maximum Gasteiger partial charge on any atom is 0.410 e. The van der Waals surface area contributed by atoms with Gasteiger partial charge < -0.3 is 54.5 Å². The number of aryl methyl sites for hydroxylation is 1. The Hall–Kier alpha value is -7.18. The molecule has 2 saturated heterocycles. The van der Waals surface area contributed by atoms with Crippen molar-refractivity contribution < 1.29 is 52.5 Å². The van der Waals surface area contributed by atoms with Crippen LogP contribution >= 0.6 is 0 Å². The van der Waals surface area contributed by atoms with Gasteiger partial charge in [-0.3, -0.25) is 14.4 Å². The maximum absolute atomic E-state index is 15.4. The van der Waals surface area contributed by atoms with Gasteiger partial charge in [-0.1, -0.05) is 56.3 Å². The molecule has 2 unspecified atom stereocenters. The van der Waals surface area contributed by atoms with Gasteiger partial charge in [-0.2, -0.15) is 0 Å². The minimum absolute atomic E-state index is 0.00962. The molecule has 5 amide bonds. The third-order valence-corrected chi connectivity index (χ3v) is 12.1. The van der Waals surface area contributed by atoms with E-state index >= 15 is 4.39 Å². The molecule has 4 aromatic rings. The highest BCUT2D eigenvalue weighted by molar-refractivity contribution is 5.98. The van der Waals surface area contributed by atoms with Crippen LogP contribution in [-0.2, 0) is 43.6 Å². The molecule has 6 rings (SSSR count). The number of halogens is 1. The van der Waals surface area contributed by atoms with Gasteiger partial charge in [-0.15, -0.1) is 0 Å². The second-order valence-corrected chi connectivity index (χ2v) is 18.6. The van der Waals surface area contributed by atoms with Gasteiger partial charge in [-0.25, -0.2) is 23.6 Å². The molecule has 0 radical (unpaired) electrons. The van der Waals surface area contributed by atoms with Crippen LogP contribution in [0, 0.1) is 17.7 Å². The number of piperazine rings is 1. The smallest absolute Gasteiger partial charge is 0.410 e. The molecular weight excluding hydrogens is 894 g/mol. The van der Waals surface area contributed by atoms with E-state index in [0.717, 1.165) is 11.6 Å². The molecule has 2 aliphatic heterocycles. The molecule has 0 aliphatic carbocycles. The second kappa shape index (κ2) is 22.7. The minimum Gasteiger partial charge on any atom is -0.477 e. The maximum atomic E-state index is 15.4. The van der Waals surface area contributed by atoms with Gasteiger partial charge >= 0.3 is 24.2 Å². The number of pyridine rings is 1. The topological polar surface area (TPSA) is 218 Å². The number of alkyl carbamates (subject to hydrolysis) is 1. The monoisotopic (exact) mass is 955 g/mol. The van der Waals surface area contributed by atoms with E-state index in [-0.39, 0.29) is 68.7 Å². The van der Waals surface area contributed by atoms with Crippen molar-refractivity contribution in [1.29, 1.82) is 0 Å². The summed E-state index contributed by atoms with van der Waals surface area (Å²) in [6.45, 7) is 12.9. The van der Waals surface area contributed by atoms with Crippen LogP contribution in [0.5, 0.6) is 0 Å². The van der Waals surface area contributed by atoms with Crippen molar-refractivity contribution in [3.63, 3.8) is 0 Å². The number of hydrogen-bond acceptors (Lipinski definition) is 11. The van der Waals surface area contributed by atoms with Gasteiger partial charge in [0.1, 0.15) is 42.3 Å². The first kappa shape index (κ1) is 51.2. The zero-order chi connectivity index (χ0) is 50.0. The number of nitrogens with zero attached hydrogens (tertiary/aromatic N) is 4. The van der Waals surface area contributed by atoms with Crippen molar-refractivity contribution in [3.05, 3.63) is 106 Å². The van der Waals surface area contributed by atoms with Gasteiger partial charge in [0.05, 0.1) is 11.2 Å². The number of ether oxygens (including phenoxy) is 3. The molecule has 18 nitrogen and oxygen atoms in total. The predicted molar refractivity (Wildman–Crippen MR) is 255 cm³/mol. The Bertz CT molecular complexity index is 2550. The van der Waals surface area contributed by atoms with Crippen molar-refractivity contribution in [3.8, 4) is 0 Å². The van der Waals surface area contributed by atoms with E-state index in [2.05, 4.69) is 16.0 Å². The highest BCUT2D eigenvalue weighted by Gasteiger charge is 2.34. The third-order valence-electron chi connectivity index (χ3n) is 12.1. The number of carboxylic acids is 1. The fourth-order valence-electron chi connectivity index (χ4n) is 8.27. The van der Waals surface area contributed by atoms with Crippen LogP contribution in [0.2, 0.25) is 0 Å². The summed E-state index contributed by atoms with van der Waals surface area (Å²) in [6.07, 6.45) is 0.910. The van der Waals surface area contributed by atoms with Crippen molar-refractivity contribution in [2.75, 3.05) is 49.5 Å². The molecule has 2 atom stereocenters. The van der Waals surface area contributed by atoms with E-state index in [1.807, 2.05) is 30.3 Å². The summed E-state index contributed by atoms with van der Waals surface area (Å²) in [6, 6.07) is 16.4. The van der Waals surface area contributed by atoms with Crippen LogP contribution in [-0.4, -0.2) is 112 Å². The van der Waals surface area contributed by atoms with Gasteiger partial charge in [0.2, 0.25) is 17.2 Å². The summed E-state index contributed by atoms with van der Waals surface area (Å²) in [4.78, 5) is 95.9. The zero-order valence-corrected chi connectivity index (χ0v) is 39.9. The van der Waals surface area contributed by atoms with Crippen molar-refractivity contribution in [2.45, 2.75) is 98.2 Å². The van der Waals surface area contributed by atoms with E-state index in [1.165, 1.54) is 17.2 Å². The van der Waals surface area contributed by atoms with Crippen LogP contribution in [0.3, 0.4) is 0 Å². The van der Waals surface area contributed by atoms with Crippen LogP contribution in [0.4, 0.5) is 30.1 Å². The van der Waals surface area contributed by atoms with Crippen molar-refractivity contribution in [2.24, 2.45) is 11.8 Å². The second-order valence-electron chi connectivity index (χ2n) is 18.6. The molecule has 69 heavy (non-hydrogen) atoms. The summed E-state index contributed by atoms with van der Waals surface area (Å²) < 4.78 is 33.5. The normalized spacial score (nSPS) is 15.3. The number of carboxylic acid groups (broad SMARTS) is 1. The molecular formula is C50H62FN7O11. The zero-order valence-electron chi connectivity index (χ0n) is 39.9. The van der Waals surface area contributed by atoms with Gasteiger partial charge in [0.25, 0.3) is 0 Å². The van der Waals surface area contributed by atoms with Crippen LogP contribution in [0.25, 0.3) is 10.9 Å². The summed E-state index contributed by atoms with van der Waals surface area (Å²) >= 11 is 0. The highest BCUT2D eigenvalue weighted by atomic mass is 19.1. The number of benzene rings is 3. The first-order valence-electron chi connectivity index (χ1n) is 23.2. The van der Waals surface area contributed by atoms with Crippen molar-refractivity contribution in [1.82, 2.24) is 25.0 Å². The number of amides is 5. The molecule has 3 heterocycles. The number of fused-ring (bicyclic) bond motifs is 1. The molecule has 0 spiro atoms. The lowest BCUT2D eigenvalue weighted by Crippen LogP contribution is -2.55. The molecule has 4 N–H and O–H groups in total. The molecule has 19 heteroatoms. The first-order valence-corrected chi connectivity index (χ1v) is 23.2. The molecule has 0 saturated carbocycles. The number of carbonyl (C=O) groups is 6. The summed E-state index contributed by atoms with van der Waals surface area (Å²) in [5, 5.41) is 17.9. The molecule has 2 fully saturated rings. The Labute approximate surface area is 400 Å². The van der Waals surface area contributed by atoms with E-state index in [1.54, 1.807) is 80.2 Å². The number of nitrogens with one attached hydrogen (secondary N) is 3. The summed E-state index contributed by atoms with van der Waals surface area (Å²) in [7, 11) is 0. The quantitative estimate of drug-likeness (QED) is 0.0913. The van der Waals surface area contributed by atoms with E-state index in [0.29, 0.717) is 49.2 Å². The van der Waals surface area contributed by atoms with E-state index < -0.39 is 70.6 Å². The Morgan fingerprint density at radius 1 is 0.797 bits per heavy atom. The Balaban J connectivity index is 1.04. The van der Waals surface area contributed by atoms with Crippen LogP contribution < -0.4 is 26.3 Å². The van der Waals surface area contributed by atoms with E-state index in [9.17, 15) is 38.7 Å². The average molecular weight is 956 g/mol. The average Bonchev–Trinajstić information content (AvgIpc) is 3.32. The SMILES string of the molecule is CCn1cc(C(=O)O)c(=O)c2cc(F)c(N3CCN(C(=O)OCc4ccc(NC(=O)C(CC5CCN(C(=O)OC(C)(C)C)CC5)NC(=O)C(NC(=O)OCc5ccccc5)C(C)C)cc4)CC3)cc21. The largest absolute Gasteiger partial charge is 0.477 e. The standard InChI is InChI=1S/C50H62FN7O11/c1-7-55-28-37(46(62)63)43(59)36-26-38(51)41(27-40(36)55)56-21-23-58(24-22-56)48(65)68-30-34-13-15-35(16-14-34)52-44(60)39(25-32-17-19-57(20-18-32)49(66)69-50(4,5)6)53-45(61)42(31(2)3)54-47(64)67-29-33-11-9-8-10-12-33/h8-16,26-28,31-32,39,42H,7,17-25,29-30H2,1-6H3,(H,52,60)(H,53,61)(H,54,64)(H,62,63). The number of rotatable bonds is 15. The summed E-state index contributed by atoms with van der Waals surface area (Å²) in [5.74, 6) is -3.50. The lowest BCUT2D eigenvalue weighted by Gasteiger charge is -2.35. The van der Waals surface area contributed by atoms with Gasteiger partial charge in [0.15, 0.2) is 0 Å². The number of piperidine rings is 1. The summed E-state index contributed by atoms with van der Waals surface area (Å²) in [5.41, 5.74) is 0.627. The number of aromatic nitrogens is 1. The Kier molecular flexibility index (Phi) is 16.9. The minimum atomic E-state index is -1.39. The Morgan fingerprint density at radius 2 is 1.42 bits per heavy atom. The van der Waals surface area contributed by atoms with Gasteiger partial charge in [-0.05, 0) is 94.2 Å². The van der Waals surface area contributed by atoms with Crippen LogP contribution in [0.1, 0.15) is 82.3 Å². The van der Waals surface area contributed by atoms with Gasteiger partial charge in [0, 0.05) is 63.1 Å². The lowest BCUT2D eigenvalue weighted by atomic mass is 9.89. The Morgan fingerprint density at radius 3 is 2.03 bits per heavy atom. The first-order chi connectivity index (χ1) is 32.8. The molecule has 370 valence electrons. The number of carbonyl (C=O) groups excluding carboxylic acids is 5. The molecule has 3 aromatic carbocycles. The fraction of sp³-hybridized carbons (Fsp3) is 0.460. The van der Waals surface area contributed by atoms with Crippen LogP contribution in [0.15, 0.2) is 77.7 Å². The lowest BCUT2D eigenvalue weighted by molar-refractivity contribution is -0.129.